The molecular weight excluding hydrogens is 492 g/mol. The van der Waals surface area contributed by atoms with Crippen LogP contribution in [0, 0.1) is 18.3 Å². The number of benzene rings is 1. The van der Waals surface area contributed by atoms with Crippen LogP contribution in [0.1, 0.15) is 95.7 Å². The van der Waals surface area contributed by atoms with Crippen LogP contribution in [0.15, 0.2) is 39.4 Å². The van der Waals surface area contributed by atoms with Crippen molar-refractivity contribution >= 4 is 11.6 Å². The Hall–Kier alpha value is -3.16. The third-order valence-electron chi connectivity index (χ3n) is 9.56. The highest BCUT2D eigenvalue weighted by Gasteiger charge is 2.53. The van der Waals surface area contributed by atoms with Crippen LogP contribution in [0.25, 0.3) is 11.3 Å². The summed E-state index contributed by atoms with van der Waals surface area (Å²) in [6.07, 6.45) is 15.0. The smallest absolute Gasteiger partial charge is 0.394 e. The lowest BCUT2D eigenvalue weighted by molar-refractivity contribution is -0.120. The van der Waals surface area contributed by atoms with Gasteiger partial charge in [0, 0.05) is 29.6 Å². The summed E-state index contributed by atoms with van der Waals surface area (Å²) < 4.78 is 16.9. The Bertz CT molecular complexity index is 1270. The molecule has 4 saturated carbocycles. The molecule has 0 atom stereocenters. The molecule has 0 aliphatic heterocycles. The van der Waals surface area contributed by atoms with E-state index in [1.165, 1.54) is 19.3 Å². The highest BCUT2D eigenvalue weighted by Crippen LogP contribution is 2.58. The lowest BCUT2D eigenvalue weighted by Crippen LogP contribution is -2.51. The zero-order valence-electron chi connectivity index (χ0n) is 23.3. The van der Waals surface area contributed by atoms with Gasteiger partial charge in [-0.3, -0.25) is 4.79 Å². The van der Waals surface area contributed by atoms with Crippen molar-refractivity contribution in [2.45, 2.75) is 96.3 Å². The monoisotopic (exact) mass is 532 g/mol. The van der Waals surface area contributed by atoms with Crippen molar-refractivity contribution in [3.8, 4) is 17.4 Å². The molecule has 4 aliphatic rings. The van der Waals surface area contributed by atoms with Gasteiger partial charge in [-0.15, -0.1) is 0 Å². The van der Waals surface area contributed by atoms with Gasteiger partial charge in [-0.1, -0.05) is 36.6 Å². The Labute approximate surface area is 230 Å². The average Bonchev–Trinajstić information content (AvgIpc) is 3.63. The number of oxazole rings is 1. The summed E-state index contributed by atoms with van der Waals surface area (Å²) in [4.78, 5) is 25.0. The second kappa shape index (κ2) is 10.8. The van der Waals surface area contributed by atoms with Gasteiger partial charge in [0.1, 0.15) is 0 Å². The van der Waals surface area contributed by atoms with E-state index in [1.54, 1.807) is 6.20 Å². The zero-order chi connectivity index (χ0) is 26.9. The van der Waals surface area contributed by atoms with Crippen molar-refractivity contribution in [1.82, 2.24) is 15.1 Å². The van der Waals surface area contributed by atoms with E-state index in [9.17, 15) is 4.79 Å². The predicted molar refractivity (Wildman–Crippen MR) is 148 cm³/mol. The second-order valence-electron chi connectivity index (χ2n) is 12.1. The fourth-order valence-electron chi connectivity index (χ4n) is 7.15. The first-order valence-electron chi connectivity index (χ1n) is 14.8. The third kappa shape index (κ3) is 5.35. The van der Waals surface area contributed by atoms with Crippen LogP contribution >= 0.6 is 0 Å². The van der Waals surface area contributed by atoms with Gasteiger partial charge in [0.15, 0.2) is 11.6 Å². The van der Waals surface area contributed by atoms with E-state index < -0.39 is 0 Å². The van der Waals surface area contributed by atoms with Gasteiger partial charge in [0.25, 0.3) is 0 Å². The summed E-state index contributed by atoms with van der Waals surface area (Å²) in [6, 6.07) is 8.15. The van der Waals surface area contributed by atoms with E-state index in [0.717, 1.165) is 75.1 Å². The van der Waals surface area contributed by atoms with Gasteiger partial charge in [-0.05, 0) is 88.7 Å². The molecular formula is C31H40N4O4. The van der Waals surface area contributed by atoms with E-state index in [-0.39, 0.29) is 22.8 Å². The SMILES string of the molecule is CCOc1ncc(-c2cccc(N(CC34CCC(c5nc(C)no5)(CC3)CC4)C(=O)CC3CCCCC3)c2)o1. The normalized spacial score (nSPS) is 25.1. The maximum absolute atomic E-state index is 14.0. The van der Waals surface area contributed by atoms with Crippen LogP contribution in [0.5, 0.6) is 6.08 Å². The summed E-state index contributed by atoms with van der Waals surface area (Å²) in [5.74, 6) is 2.90. The minimum atomic E-state index is 0.00438. The van der Waals surface area contributed by atoms with E-state index >= 15 is 0 Å². The molecule has 8 heteroatoms. The Morgan fingerprint density at radius 1 is 1.10 bits per heavy atom. The summed E-state index contributed by atoms with van der Waals surface area (Å²) in [5.41, 5.74) is 1.96. The molecule has 3 aromatic rings. The number of nitrogens with zero attached hydrogens (tertiary/aromatic N) is 4. The van der Waals surface area contributed by atoms with Crippen LogP contribution in [0.2, 0.25) is 0 Å². The second-order valence-corrected chi connectivity index (χ2v) is 12.1. The first-order chi connectivity index (χ1) is 19.0. The van der Waals surface area contributed by atoms with E-state index in [0.29, 0.717) is 30.5 Å². The van der Waals surface area contributed by atoms with Gasteiger partial charge >= 0.3 is 6.08 Å². The molecule has 0 spiro atoms. The van der Waals surface area contributed by atoms with Crippen molar-refractivity contribution in [1.29, 1.82) is 0 Å². The van der Waals surface area contributed by atoms with Crippen molar-refractivity contribution in [2.24, 2.45) is 11.3 Å². The maximum Gasteiger partial charge on any atom is 0.394 e. The molecule has 8 nitrogen and oxygen atoms in total. The number of ether oxygens (including phenoxy) is 1. The summed E-state index contributed by atoms with van der Waals surface area (Å²) >= 11 is 0. The topological polar surface area (TPSA) is 94.5 Å². The summed E-state index contributed by atoms with van der Waals surface area (Å²) in [5, 5.41) is 4.07. The molecule has 2 aromatic heterocycles. The van der Waals surface area contributed by atoms with Crippen molar-refractivity contribution in [2.75, 3.05) is 18.1 Å². The molecule has 2 heterocycles. The van der Waals surface area contributed by atoms with Crippen LogP contribution < -0.4 is 9.64 Å². The molecule has 0 N–H and O–H groups in total. The lowest BCUT2D eigenvalue weighted by Gasteiger charge is -2.53. The number of fused-ring (bicyclic) bond motifs is 3. The zero-order valence-corrected chi connectivity index (χ0v) is 23.3. The Morgan fingerprint density at radius 2 is 1.87 bits per heavy atom. The highest BCUT2D eigenvalue weighted by atomic mass is 16.6. The standard InChI is InChI=1S/C31H40N4O4/c1-3-37-29-32-20-26(38-29)24-10-7-11-25(19-24)35(27(36)18-23-8-5-4-6-9-23)21-30-12-15-31(16-13-30,17-14-30)28-33-22(2)34-39-28/h7,10-11,19-20,23H,3-6,8-9,12-18,21H2,1-2H3. The van der Waals surface area contributed by atoms with Crippen LogP contribution in [-0.4, -0.2) is 34.2 Å². The van der Waals surface area contributed by atoms with Gasteiger partial charge in [0.05, 0.1) is 12.8 Å². The summed E-state index contributed by atoms with van der Waals surface area (Å²) in [6.45, 7) is 5.05. The maximum atomic E-state index is 14.0. The minimum Gasteiger partial charge on any atom is -0.450 e. The molecule has 39 heavy (non-hydrogen) atoms. The average molecular weight is 533 g/mol. The molecule has 4 aliphatic carbocycles. The molecule has 2 bridgehead atoms. The fourth-order valence-corrected chi connectivity index (χ4v) is 7.15. The molecule has 1 aromatic carbocycles. The number of hydrogen-bond acceptors (Lipinski definition) is 7. The van der Waals surface area contributed by atoms with E-state index in [4.69, 9.17) is 13.7 Å². The first-order valence-corrected chi connectivity index (χ1v) is 14.8. The van der Waals surface area contributed by atoms with Crippen molar-refractivity contribution in [3.63, 3.8) is 0 Å². The number of carbonyl (C=O) groups is 1. The van der Waals surface area contributed by atoms with Gasteiger partial charge < -0.3 is 18.6 Å². The Balaban J connectivity index is 1.25. The highest BCUT2D eigenvalue weighted by molar-refractivity contribution is 5.94. The molecule has 0 saturated heterocycles. The molecule has 0 radical (unpaired) electrons. The van der Waals surface area contributed by atoms with Crippen LogP contribution in [-0.2, 0) is 10.2 Å². The van der Waals surface area contributed by atoms with Crippen molar-refractivity contribution < 1.29 is 18.5 Å². The molecule has 1 amide bonds. The van der Waals surface area contributed by atoms with Crippen LogP contribution in [0.4, 0.5) is 5.69 Å². The number of carbonyl (C=O) groups excluding carboxylic acids is 1. The molecule has 7 rings (SSSR count). The minimum absolute atomic E-state index is 0.00438. The number of aryl methyl sites for hydroxylation is 1. The first kappa shape index (κ1) is 26.1. The number of anilines is 1. The predicted octanol–water partition coefficient (Wildman–Crippen LogP) is 7.03. The van der Waals surface area contributed by atoms with Crippen molar-refractivity contribution in [3.05, 3.63) is 42.2 Å². The van der Waals surface area contributed by atoms with E-state index in [2.05, 4.69) is 32.2 Å². The van der Waals surface area contributed by atoms with Gasteiger partial charge in [0.2, 0.25) is 11.8 Å². The van der Waals surface area contributed by atoms with Crippen LogP contribution in [0.3, 0.4) is 0 Å². The number of aromatic nitrogens is 3. The lowest BCUT2D eigenvalue weighted by atomic mass is 9.53. The summed E-state index contributed by atoms with van der Waals surface area (Å²) in [7, 11) is 0. The van der Waals surface area contributed by atoms with Gasteiger partial charge in [-0.2, -0.15) is 9.97 Å². The van der Waals surface area contributed by atoms with Gasteiger partial charge in [-0.25, -0.2) is 0 Å². The fraction of sp³-hybridized carbons (Fsp3) is 0.613. The largest absolute Gasteiger partial charge is 0.450 e. The number of rotatable bonds is 9. The number of hydrogen-bond donors (Lipinski definition) is 0. The van der Waals surface area contributed by atoms with E-state index in [1.807, 2.05) is 26.0 Å². The quantitative estimate of drug-likeness (QED) is 0.292. The molecule has 4 fully saturated rings. The third-order valence-corrected chi connectivity index (χ3v) is 9.56. The number of amides is 1. The Kier molecular flexibility index (Phi) is 7.21. The molecule has 0 unspecified atom stereocenters. The Morgan fingerprint density at radius 3 is 2.56 bits per heavy atom. The molecule has 208 valence electrons.